The Morgan fingerprint density at radius 3 is 2.85 bits per heavy atom. The summed E-state index contributed by atoms with van der Waals surface area (Å²) in [5.74, 6) is 1.42. The Kier molecular flexibility index (Phi) is 6.65. The predicted molar refractivity (Wildman–Crippen MR) is 84.6 cm³/mol. The molecule has 110 valence electrons. The van der Waals surface area contributed by atoms with Crippen LogP contribution in [0.15, 0.2) is 12.3 Å². The molecule has 0 spiro atoms. The van der Waals surface area contributed by atoms with E-state index in [0.717, 1.165) is 5.75 Å². The summed E-state index contributed by atoms with van der Waals surface area (Å²) in [5, 5.41) is 15.9. The number of amidine groups is 1. The Morgan fingerprint density at radius 1 is 1.50 bits per heavy atom. The number of carbonyl (C=O) groups is 1. The van der Waals surface area contributed by atoms with Gasteiger partial charge in [0.25, 0.3) is 0 Å². The molecule has 6 N–H and O–H groups in total. The quantitative estimate of drug-likeness (QED) is 0.306. The molecule has 0 saturated heterocycles. The largest absolute Gasteiger partial charge is 0.398 e. The number of hydrogen-bond donors (Lipinski definition) is 5. The SMILES string of the molecule is CCNC(=N)c1cnc(NC(=O)NCCSC)cc1N. The van der Waals surface area contributed by atoms with Crippen LogP contribution in [0.1, 0.15) is 12.5 Å². The van der Waals surface area contributed by atoms with Crippen LogP contribution in [-0.4, -0.2) is 41.9 Å². The third-order valence-corrected chi connectivity index (χ3v) is 3.00. The molecule has 8 heteroatoms. The summed E-state index contributed by atoms with van der Waals surface area (Å²) in [7, 11) is 0. The summed E-state index contributed by atoms with van der Waals surface area (Å²) in [4.78, 5) is 15.6. The van der Waals surface area contributed by atoms with Crippen LogP contribution in [0.5, 0.6) is 0 Å². The number of thioether (sulfide) groups is 1. The highest BCUT2D eigenvalue weighted by Gasteiger charge is 2.08. The van der Waals surface area contributed by atoms with Crippen LogP contribution >= 0.6 is 11.8 Å². The standard InChI is InChI=1S/C12H20N6OS/c1-3-15-11(14)8-7-17-10(6-9(8)13)18-12(19)16-4-5-20-2/h6-7H,3-5H2,1-2H3,(H2,14,15)(H4,13,16,17,18,19). The minimum absolute atomic E-state index is 0.216. The van der Waals surface area contributed by atoms with Gasteiger partial charge in [0.2, 0.25) is 0 Å². The van der Waals surface area contributed by atoms with E-state index in [0.29, 0.717) is 30.2 Å². The molecule has 1 heterocycles. The number of nitrogens with one attached hydrogen (secondary N) is 4. The molecule has 0 aliphatic rings. The summed E-state index contributed by atoms with van der Waals surface area (Å²) in [6.45, 7) is 3.12. The van der Waals surface area contributed by atoms with Crippen LogP contribution in [0.2, 0.25) is 0 Å². The molecule has 0 saturated carbocycles. The van der Waals surface area contributed by atoms with Gasteiger partial charge in [0.15, 0.2) is 0 Å². The number of rotatable bonds is 6. The second-order valence-corrected chi connectivity index (χ2v) is 4.92. The normalized spacial score (nSPS) is 9.90. The molecule has 0 aliphatic heterocycles. The molecule has 0 unspecified atom stereocenters. The van der Waals surface area contributed by atoms with Crippen molar-refractivity contribution in [1.29, 1.82) is 5.41 Å². The lowest BCUT2D eigenvalue weighted by Crippen LogP contribution is -2.31. The first-order valence-electron chi connectivity index (χ1n) is 6.20. The van der Waals surface area contributed by atoms with Gasteiger partial charge in [-0.05, 0) is 13.2 Å². The van der Waals surface area contributed by atoms with Crippen LogP contribution in [0.3, 0.4) is 0 Å². The number of amides is 2. The van der Waals surface area contributed by atoms with Crippen molar-refractivity contribution in [3.63, 3.8) is 0 Å². The topological polar surface area (TPSA) is 116 Å². The van der Waals surface area contributed by atoms with Gasteiger partial charge < -0.3 is 16.4 Å². The number of carbonyl (C=O) groups excluding carboxylic acids is 1. The molecule has 0 radical (unpaired) electrons. The van der Waals surface area contributed by atoms with Crippen molar-refractivity contribution in [2.75, 3.05) is 36.1 Å². The lowest BCUT2D eigenvalue weighted by atomic mass is 10.2. The van der Waals surface area contributed by atoms with Gasteiger partial charge in [-0.3, -0.25) is 10.7 Å². The van der Waals surface area contributed by atoms with Gasteiger partial charge in [0.1, 0.15) is 11.7 Å². The number of hydrogen-bond acceptors (Lipinski definition) is 5. The Morgan fingerprint density at radius 2 is 2.25 bits per heavy atom. The van der Waals surface area contributed by atoms with E-state index in [9.17, 15) is 4.79 Å². The van der Waals surface area contributed by atoms with Crippen LogP contribution in [0.4, 0.5) is 16.3 Å². The molecule has 0 fully saturated rings. The van der Waals surface area contributed by atoms with Crippen LogP contribution in [-0.2, 0) is 0 Å². The van der Waals surface area contributed by atoms with Crippen molar-refractivity contribution in [1.82, 2.24) is 15.6 Å². The summed E-state index contributed by atoms with van der Waals surface area (Å²) >= 11 is 1.65. The number of pyridine rings is 1. The van der Waals surface area contributed by atoms with E-state index >= 15 is 0 Å². The molecular formula is C12H20N6OS. The monoisotopic (exact) mass is 296 g/mol. The fraction of sp³-hybridized carbons (Fsp3) is 0.417. The maximum absolute atomic E-state index is 11.6. The van der Waals surface area contributed by atoms with Gasteiger partial charge in [0.05, 0.1) is 5.56 Å². The highest BCUT2D eigenvalue weighted by Crippen LogP contribution is 2.14. The second-order valence-electron chi connectivity index (χ2n) is 3.94. The fourth-order valence-corrected chi connectivity index (χ4v) is 1.75. The Labute approximate surface area is 122 Å². The summed E-state index contributed by atoms with van der Waals surface area (Å²) < 4.78 is 0. The van der Waals surface area contributed by atoms with E-state index in [1.165, 1.54) is 12.3 Å². The average molecular weight is 296 g/mol. The zero-order chi connectivity index (χ0) is 15.0. The number of aromatic nitrogens is 1. The highest BCUT2D eigenvalue weighted by atomic mass is 32.2. The zero-order valence-corrected chi connectivity index (χ0v) is 12.4. The molecule has 0 aliphatic carbocycles. The zero-order valence-electron chi connectivity index (χ0n) is 11.6. The average Bonchev–Trinajstić information content (AvgIpc) is 2.39. The first-order chi connectivity index (χ1) is 9.58. The third kappa shape index (κ3) is 4.96. The molecule has 20 heavy (non-hydrogen) atoms. The Balaban J connectivity index is 2.63. The van der Waals surface area contributed by atoms with Crippen LogP contribution < -0.4 is 21.7 Å². The Bertz CT molecular complexity index is 479. The second kappa shape index (κ2) is 8.26. The lowest BCUT2D eigenvalue weighted by molar-refractivity contribution is 0.252. The highest BCUT2D eigenvalue weighted by molar-refractivity contribution is 7.98. The van der Waals surface area contributed by atoms with Crippen molar-refractivity contribution in [2.45, 2.75) is 6.92 Å². The van der Waals surface area contributed by atoms with Gasteiger partial charge in [-0.25, -0.2) is 9.78 Å². The first-order valence-corrected chi connectivity index (χ1v) is 7.60. The van der Waals surface area contributed by atoms with Crippen LogP contribution in [0, 0.1) is 5.41 Å². The number of nitrogens with zero attached hydrogens (tertiary/aromatic N) is 1. The van der Waals surface area contributed by atoms with E-state index in [1.807, 2.05) is 13.2 Å². The minimum Gasteiger partial charge on any atom is -0.398 e. The number of nitrogen functional groups attached to an aromatic ring is 1. The predicted octanol–water partition coefficient (Wildman–Crippen LogP) is 1.08. The number of nitrogens with two attached hydrogens (primary N) is 1. The van der Waals surface area contributed by atoms with E-state index in [2.05, 4.69) is 20.9 Å². The molecular weight excluding hydrogens is 276 g/mol. The van der Waals surface area contributed by atoms with E-state index in [1.54, 1.807) is 11.8 Å². The summed E-state index contributed by atoms with van der Waals surface area (Å²) in [5.41, 5.74) is 6.76. The third-order valence-electron chi connectivity index (χ3n) is 2.39. The molecule has 0 atom stereocenters. The molecule has 1 rings (SSSR count). The fourth-order valence-electron chi connectivity index (χ4n) is 1.45. The Hall–Kier alpha value is -1.96. The van der Waals surface area contributed by atoms with Crippen molar-refractivity contribution in [3.8, 4) is 0 Å². The lowest BCUT2D eigenvalue weighted by Gasteiger charge is -2.10. The van der Waals surface area contributed by atoms with Crippen molar-refractivity contribution in [2.24, 2.45) is 0 Å². The van der Waals surface area contributed by atoms with Gasteiger partial charge in [-0.2, -0.15) is 11.8 Å². The molecule has 1 aromatic rings. The van der Waals surface area contributed by atoms with Gasteiger partial charge in [-0.15, -0.1) is 0 Å². The molecule has 0 aromatic carbocycles. The first kappa shape index (κ1) is 16.1. The van der Waals surface area contributed by atoms with E-state index < -0.39 is 0 Å². The van der Waals surface area contributed by atoms with Crippen LogP contribution in [0.25, 0.3) is 0 Å². The summed E-state index contributed by atoms with van der Waals surface area (Å²) in [6, 6.07) is 1.22. The van der Waals surface area contributed by atoms with Gasteiger partial charge >= 0.3 is 6.03 Å². The molecule has 2 amide bonds. The smallest absolute Gasteiger partial charge is 0.320 e. The maximum atomic E-state index is 11.6. The van der Waals surface area contributed by atoms with Gasteiger partial charge in [0, 0.05) is 36.8 Å². The number of urea groups is 1. The molecule has 1 aromatic heterocycles. The van der Waals surface area contributed by atoms with Crippen molar-refractivity contribution >= 4 is 35.1 Å². The number of anilines is 2. The van der Waals surface area contributed by atoms with Crippen molar-refractivity contribution < 1.29 is 4.79 Å². The maximum Gasteiger partial charge on any atom is 0.320 e. The van der Waals surface area contributed by atoms with E-state index in [-0.39, 0.29) is 11.9 Å². The van der Waals surface area contributed by atoms with Gasteiger partial charge in [-0.1, -0.05) is 0 Å². The molecule has 0 bridgehead atoms. The molecule has 7 nitrogen and oxygen atoms in total. The summed E-state index contributed by atoms with van der Waals surface area (Å²) in [6.07, 6.45) is 3.44. The van der Waals surface area contributed by atoms with Crippen molar-refractivity contribution in [3.05, 3.63) is 17.8 Å². The minimum atomic E-state index is -0.319. The van der Waals surface area contributed by atoms with E-state index in [4.69, 9.17) is 11.1 Å².